The topological polar surface area (TPSA) is 102 Å². The van der Waals surface area contributed by atoms with Gasteiger partial charge in [0.2, 0.25) is 0 Å². The minimum Gasteiger partial charge on any atom is -0.299 e. The van der Waals surface area contributed by atoms with Crippen molar-refractivity contribution in [1.29, 1.82) is 0 Å². The van der Waals surface area contributed by atoms with Crippen LogP contribution in [0.2, 0.25) is 0 Å². The lowest BCUT2D eigenvalue weighted by Crippen LogP contribution is -2.34. The summed E-state index contributed by atoms with van der Waals surface area (Å²) in [5.41, 5.74) is 28.7. The van der Waals surface area contributed by atoms with Gasteiger partial charge in [0.15, 0.2) is 25.5 Å². The summed E-state index contributed by atoms with van der Waals surface area (Å²) in [6, 6.07) is 0. The lowest BCUT2D eigenvalue weighted by atomic mass is 9.70. The fourth-order valence-electron chi connectivity index (χ4n) is 22.8. The van der Waals surface area contributed by atoms with Crippen LogP contribution in [0.4, 0.5) is 0 Å². The number of ketones is 2. The SMILES string of the molecule is CC(C)C1=C(C(C)C)C(C(C)C)CC(=O)C1.CC(C)C1=C(C(C)C)C(C(C)C)CC1.CC(C)C1=C(C(C)C)C(C(C)C)CC1.CC(C)C1=C(C(C)C)C(C(C)C)CCC1.CC(C)C1=C(C(C)C)C(C(C)C)CCC1=O.CC(C)C1=C(C(C)C)C(C(C)C)CS(=O)(=O)C1.CC(C)C1=C(C(C)C)S(=O)(=O)CCC1C(C)C.CCC(=C(C)C)C(=C(C)C)C(C)=C(C)C. The molecule has 0 spiro atoms. The van der Waals surface area contributed by atoms with Crippen molar-refractivity contribution in [3.05, 3.63) is 111 Å². The van der Waals surface area contributed by atoms with Gasteiger partial charge in [-0.05, 0) is 306 Å². The Labute approximate surface area is 775 Å². The monoisotopic (exact) mass is 1760 g/mol. The normalized spacial score (nSPS) is 22.0. The smallest absolute Gasteiger partial charge is 0.174 e. The van der Waals surface area contributed by atoms with Gasteiger partial charge in [-0.15, -0.1) is 0 Å². The highest BCUT2D eigenvalue weighted by molar-refractivity contribution is 7.95. The van der Waals surface area contributed by atoms with E-state index in [9.17, 15) is 26.4 Å². The molecule has 0 radical (unpaired) electrons. The van der Waals surface area contributed by atoms with Gasteiger partial charge in [0.25, 0.3) is 0 Å². The molecule has 0 aromatic heterocycles. The summed E-state index contributed by atoms with van der Waals surface area (Å²) in [4.78, 5) is 24.6. The quantitative estimate of drug-likeness (QED) is 0.0705. The molecular formula is C116H210O6S2. The Morgan fingerprint density at radius 1 is 0.306 bits per heavy atom. The van der Waals surface area contributed by atoms with Crippen LogP contribution >= 0.6 is 0 Å². The van der Waals surface area contributed by atoms with E-state index >= 15 is 0 Å². The van der Waals surface area contributed by atoms with E-state index in [0.717, 1.165) is 114 Å². The highest BCUT2D eigenvalue weighted by atomic mass is 32.2. The van der Waals surface area contributed by atoms with Crippen LogP contribution in [-0.4, -0.2) is 45.7 Å². The molecule has 0 fully saturated rings. The summed E-state index contributed by atoms with van der Waals surface area (Å²) in [6.07, 6.45) is 14.9. The predicted octanol–water partition coefficient (Wildman–Crippen LogP) is 35.2. The number of carbonyl (C=O) groups excluding carboxylic acids is 2. The first kappa shape index (κ1) is 121. The first-order valence-electron chi connectivity index (χ1n) is 51.3. The lowest BCUT2D eigenvalue weighted by Gasteiger charge is -2.35. The van der Waals surface area contributed by atoms with Crippen molar-refractivity contribution < 1.29 is 26.4 Å². The maximum Gasteiger partial charge on any atom is 0.174 e. The summed E-state index contributed by atoms with van der Waals surface area (Å²) < 4.78 is 48.5. The molecule has 0 aromatic carbocycles. The molecule has 0 aromatic rings. The summed E-state index contributed by atoms with van der Waals surface area (Å²) >= 11 is 0. The number of rotatable bonds is 24. The zero-order valence-electron chi connectivity index (χ0n) is 91.7. The summed E-state index contributed by atoms with van der Waals surface area (Å²) in [5.74, 6) is 18.5. The summed E-state index contributed by atoms with van der Waals surface area (Å²) in [6.45, 7) is 112. The van der Waals surface area contributed by atoms with Crippen LogP contribution in [0.25, 0.3) is 0 Å². The zero-order chi connectivity index (χ0) is 97.2. The number of carbonyl (C=O) groups is 2. The van der Waals surface area contributed by atoms with Crippen LogP contribution in [0.1, 0.15) is 430 Å². The van der Waals surface area contributed by atoms with Crippen molar-refractivity contribution in [3.8, 4) is 0 Å². The average molecular weight is 1770 g/mol. The lowest BCUT2D eigenvalue weighted by molar-refractivity contribution is -0.120. The standard InChI is InChI=1S/2C15H26O.C15H28.C15H26.2C14H26O2S.2C14H26/c1-9(2)13-7-12(16)8-14(10(3)4)15(13)11(5)6;1-9(2)12-7-8-13(16)15(11(5)6)14(12)10(3)4;1-10(2)13-8-7-9-14(11(3)4)15(13)12(5)6;1-9-14(11(4)5)15(12(6)7)13(8)10(2)3;1-9(2)12-7-17(15,16)8-13(10(3)4)14(12)11(5)6;1-9(2)12-7-8-17(15,16)14(11(5)6)13(12)10(3)4;2*1-9(2)12-7-8-13(10(3)4)14(12)11(5)6/h9-11,13H,7-8H2,1-6H3;9-12H,7-8H2,1-6H3;10-13H,7-9H2,1-6H3;9H2,1-8H3;2*9-12H,7-8H2,1-6H3;2*9-12H,7-8H2,1-6H3. The van der Waals surface area contributed by atoms with Crippen LogP contribution in [0.3, 0.4) is 0 Å². The molecule has 2 aliphatic heterocycles. The highest BCUT2D eigenvalue weighted by Gasteiger charge is 2.40. The van der Waals surface area contributed by atoms with E-state index in [0.29, 0.717) is 112 Å². The fraction of sp³-hybridized carbons (Fsp3) is 0.810. The van der Waals surface area contributed by atoms with Crippen LogP contribution in [0, 0.1) is 166 Å². The second-order valence-corrected chi connectivity index (χ2v) is 50.7. The summed E-state index contributed by atoms with van der Waals surface area (Å²) in [5, 5.41) is 0. The van der Waals surface area contributed by atoms with Gasteiger partial charge in [-0.3, -0.25) is 9.59 Å². The molecule has 5 aliphatic carbocycles. The van der Waals surface area contributed by atoms with Gasteiger partial charge < -0.3 is 0 Å². The van der Waals surface area contributed by atoms with E-state index < -0.39 is 19.7 Å². The Kier molecular flexibility index (Phi) is 53.7. The molecule has 0 saturated carbocycles. The van der Waals surface area contributed by atoms with Crippen molar-refractivity contribution >= 4 is 31.2 Å². The summed E-state index contributed by atoms with van der Waals surface area (Å²) in [7, 11) is -5.90. The van der Waals surface area contributed by atoms with Gasteiger partial charge in [0, 0.05) is 24.2 Å². The first-order valence-corrected chi connectivity index (χ1v) is 54.8. The highest BCUT2D eigenvalue weighted by Crippen LogP contribution is 2.49. The van der Waals surface area contributed by atoms with Crippen molar-refractivity contribution in [2.24, 2.45) is 166 Å². The van der Waals surface area contributed by atoms with Crippen LogP contribution in [-0.2, 0) is 29.3 Å². The average Bonchev–Trinajstić information content (AvgIpc) is 0.853. The molecule has 2 heterocycles. The van der Waals surface area contributed by atoms with Crippen molar-refractivity contribution in [2.75, 3.05) is 17.3 Å². The molecule has 7 atom stereocenters. The third kappa shape index (κ3) is 36.0. The van der Waals surface area contributed by atoms with Gasteiger partial charge >= 0.3 is 0 Å². The molecule has 0 saturated heterocycles. The minimum atomic E-state index is -3.00. The van der Waals surface area contributed by atoms with Gasteiger partial charge in [0.05, 0.1) is 17.3 Å². The Hall–Kier alpha value is -3.36. The van der Waals surface area contributed by atoms with Crippen molar-refractivity contribution in [3.63, 3.8) is 0 Å². The fourth-order valence-corrected chi connectivity index (χ4v) is 27.2. The van der Waals surface area contributed by atoms with Gasteiger partial charge in [-0.25, -0.2) is 16.8 Å². The van der Waals surface area contributed by atoms with Crippen LogP contribution < -0.4 is 0 Å². The molecule has 7 rings (SSSR count). The second kappa shape index (κ2) is 55.2. The molecule has 124 heavy (non-hydrogen) atoms. The number of hydrogen-bond donors (Lipinski definition) is 0. The van der Waals surface area contributed by atoms with Crippen LogP contribution in [0.5, 0.6) is 0 Å². The van der Waals surface area contributed by atoms with E-state index in [1.54, 1.807) is 39.0 Å². The van der Waals surface area contributed by atoms with Gasteiger partial charge in [-0.1, -0.05) is 376 Å². The third-order valence-electron chi connectivity index (χ3n) is 28.8. The zero-order valence-corrected chi connectivity index (χ0v) is 93.4. The largest absolute Gasteiger partial charge is 0.299 e. The second-order valence-electron chi connectivity index (χ2n) is 46.6. The van der Waals surface area contributed by atoms with E-state index in [-0.39, 0.29) is 17.6 Å². The molecule has 6 nitrogen and oxygen atoms in total. The molecule has 0 bridgehead atoms. The molecule has 8 heteroatoms. The van der Waals surface area contributed by atoms with E-state index in [1.807, 2.05) is 13.8 Å². The van der Waals surface area contributed by atoms with Crippen LogP contribution in [0.15, 0.2) is 111 Å². The first-order chi connectivity index (χ1) is 56.7. The van der Waals surface area contributed by atoms with E-state index in [4.69, 9.17) is 0 Å². The molecule has 7 aliphatic rings. The maximum absolute atomic E-state index is 12.2. The van der Waals surface area contributed by atoms with Crippen molar-refractivity contribution in [2.45, 2.75) is 430 Å². The third-order valence-corrected chi connectivity index (χ3v) is 32.5. The van der Waals surface area contributed by atoms with Crippen molar-refractivity contribution in [1.82, 2.24) is 0 Å². The predicted molar refractivity (Wildman–Crippen MR) is 554 cm³/mol. The van der Waals surface area contributed by atoms with E-state index in [1.165, 1.54) is 106 Å². The van der Waals surface area contributed by atoms with Gasteiger partial charge in [-0.2, -0.15) is 0 Å². The van der Waals surface area contributed by atoms with Gasteiger partial charge in [0.1, 0.15) is 5.78 Å². The molecule has 7 unspecified atom stereocenters. The Morgan fingerprint density at radius 2 is 0.621 bits per heavy atom. The molecule has 0 N–H and O–H groups in total. The Balaban J connectivity index is 0.00000140. The Bertz CT molecular complexity index is 3830. The number of allylic oxidation sites excluding steroid dienone is 19. The van der Waals surface area contributed by atoms with E-state index in [2.05, 4.69) is 332 Å². The molecule has 0 amide bonds. The maximum atomic E-state index is 12.2. The number of sulfone groups is 2. The minimum absolute atomic E-state index is 0.110. The number of hydrogen-bond acceptors (Lipinski definition) is 6. The Morgan fingerprint density at radius 3 is 0.919 bits per heavy atom. The molecular weight excluding hydrogens is 1550 g/mol. The number of Topliss-reactive ketones (excluding diaryl/α,β-unsaturated/α-hetero) is 2. The molecule has 722 valence electrons.